The molecule has 13 heteroatoms. The van der Waals surface area contributed by atoms with E-state index < -0.39 is 22.8 Å². The van der Waals surface area contributed by atoms with Gasteiger partial charge in [-0.05, 0) is 74.2 Å². The van der Waals surface area contributed by atoms with Crippen molar-refractivity contribution in [3.63, 3.8) is 0 Å². The zero-order valence-electron chi connectivity index (χ0n) is 23.3. The molecule has 3 heterocycles. The molecule has 228 valence electrons. The van der Waals surface area contributed by atoms with Gasteiger partial charge in [0.25, 0.3) is 5.91 Å². The van der Waals surface area contributed by atoms with Gasteiger partial charge in [0.05, 0.1) is 16.3 Å². The fourth-order valence-electron chi connectivity index (χ4n) is 6.13. The molecule has 4 N–H and O–H groups in total. The molecule has 3 aromatic rings. The van der Waals surface area contributed by atoms with E-state index in [0.29, 0.717) is 49.8 Å². The summed E-state index contributed by atoms with van der Waals surface area (Å²) in [6.45, 7) is 0.976. The van der Waals surface area contributed by atoms with E-state index in [2.05, 4.69) is 9.24 Å². The Balaban J connectivity index is 1.56. The lowest BCUT2D eigenvalue weighted by Gasteiger charge is -2.45. The van der Waals surface area contributed by atoms with Crippen molar-refractivity contribution in [3.05, 3.63) is 74.9 Å². The van der Waals surface area contributed by atoms with Crippen LogP contribution in [0.2, 0.25) is 15.1 Å². The summed E-state index contributed by atoms with van der Waals surface area (Å²) in [6, 6.07) is 13.9. The molecule has 1 aromatic heterocycles. The molecule has 0 saturated carbocycles. The number of hydrogen-bond acceptors (Lipinski definition) is 4. The highest BCUT2D eigenvalue weighted by Gasteiger charge is 2.50. The first-order chi connectivity index (χ1) is 20.3. The van der Waals surface area contributed by atoms with E-state index in [9.17, 15) is 18.8 Å². The molecule has 2 fully saturated rings. The Bertz CT molecular complexity index is 1570. The molecule has 2 saturated heterocycles. The zero-order valence-corrected chi connectivity index (χ0v) is 26.7. The Morgan fingerprint density at radius 1 is 0.907 bits per heavy atom. The molecule has 2 aliphatic heterocycles. The third kappa shape index (κ3) is 6.43. The molecular formula is C30H32Cl3FN5O3P. The van der Waals surface area contributed by atoms with Gasteiger partial charge < -0.3 is 20.9 Å². The van der Waals surface area contributed by atoms with E-state index in [-0.39, 0.29) is 57.6 Å². The molecule has 0 radical (unpaired) electrons. The van der Waals surface area contributed by atoms with E-state index in [1.807, 2.05) is 21.6 Å². The summed E-state index contributed by atoms with van der Waals surface area (Å²) >= 11 is 19.0. The van der Waals surface area contributed by atoms with Crippen molar-refractivity contribution in [3.8, 4) is 16.9 Å². The molecule has 2 unspecified atom stereocenters. The van der Waals surface area contributed by atoms with Crippen LogP contribution in [0.4, 0.5) is 4.39 Å². The molecule has 5 rings (SSSR count). The molecular weight excluding hydrogens is 635 g/mol. The van der Waals surface area contributed by atoms with Crippen LogP contribution in [0.1, 0.15) is 41.7 Å². The largest absolute Gasteiger partial charge is 0.370 e. The lowest BCUT2D eigenvalue weighted by atomic mass is 9.84. The van der Waals surface area contributed by atoms with E-state index in [1.54, 1.807) is 41.3 Å². The predicted octanol–water partition coefficient (Wildman–Crippen LogP) is 5.23. The van der Waals surface area contributed by atoms with Crippen LogP contribution in [-0.2, 0) is 16.0 Å². The lowest BCUT2D eigenvalue weighted by Crippen LogP contribution is -2.62. The maximum Gasteiger partial charge on any atom is 0.255 e. The number of nitrogens with two attached hydrogens (primary N) is 2. The number of carbonyl (C=O) groups excluding carboxylic acids is 3. The highest BCUT2D eigenvalue weighted by atomic mass is 35.5. The second-order valence-corrected chi connectivity index (χ2v) is 13.5. The van der Waals surface area contributed by atoms with Crippen LogP contribution in [0, 0.1) is 0 Å². The smallest absolute Gasteiger partial charge is 0.255 e. The summed E-state index contributed by atoms with van der Waals surface area (Å²) in [5.41, 5.74) is 13.3. The molecule has 8 nitrogen and oxygen atoms in total. The third-order valence-corrected chi connectivity index (χ3v) is 9.70. The van der Waals surface area contributed by atoms with Gasteiger partial charge in [-0.1, -0.05) is 44.0 Å². The minimum atomic E-state index is -1.48. The summed E-state index contributed by atoms with van der Waals surface area (Å²) in [5.74, 6) is -1.30. The number of rotatable bonds is 8. The number of aromatic nitrogens is 1. The molecule has 0 spiro atoms. The normalized spacial score (nSPS) is 20.3. The number of carbonyl (C=O) groups is 3. The third-order valence-electron chi connectivity index (χ3n) is 8.43. The number of amides is 3. The zero-order chi connectivity index (χ0) is 31.1. The van der Waals surface area contributed by atoms with Crippen molar-refractivity contribution >= 4 is 61.8 Å². The van der Waals surface area contributed by atoms with Crippen LogP contribution in [0.3, 0.4) is 0 Å². The Morgan fingerprint density at radius 2 is 1.56 bits per heavy atom. The Morgan fingerprint density at radius 3 is 2.12 bits per heavy atom. The second-order valence-electron chi connectivity index (χ2n) is 11.2. The van der Waals surface area contributed by atoms with Crippen molar-refractivity contribution in [2.75, 3.05) is 26.2 Å². The number of halogens is 4. The van der Waals surface area contributed by atoms with Gasteiger partial charge in [-0.25, -0.2) is 4.39 Å². The van der Waals surface area contributed by atoms with Crippen molar-refractivity contribution in [2.45, 2.75) is 43.1 Å². The average molecular weight is 667 g/mol. The van der Waals surface area contributed by atoms with Crippen LogP contribution in [-0.4, -0.2) is 69.2 Å². The fraction of sp³-hybridized carbons (Fsp3) is 0.367. The number of hydrogen-bond donors (Lipinski definition) is 2. The number of likely N-dealkylation sites (tertiary alicyclic amines) is 2. The minimum absolute atomic E-state index is 0.00539. The van der Waals surface area contributed by atoms with Gasteiger partial charge >= 0.3 is 0 Å². The maximum absolute atomic E-state index is 14.7. The summed E-state index contributed by atoms with van der Waals surface area (Å²) in [7, 11) is 2.23. The second kappa shape index (κ2) is 12.4. The Kier molecular flexibility index (Phi) is 9.13. The van der Waals surface area contributed by atoms with Crippen LogP contribution < -0.4 is 11.5 Å². The molecule has 2 aromatic carbocycles. The highest BCUT2D eigenvalue weighted by molar-refractivity contribution is 7.18. The van der Waals surface area contributed by atoms with Crippen molar-refractivity contribution in [1.82, 2.24) is 14.4 Å². The van der Waals surface area contributed by atoms with Gasteiger partial charge in [-0.15, -0.1) is 0 Å². The Hall–Kier alpha value is -2.68. The molecule has 3 amide bonds. The van der Waals surface area contributed by atoms with E-state index in [1.165, 1.54) is 0 Å². The summed E-state index contributed by atoms with van der Waals surface area (Å²) in [4.78, 5) is 42.4. The first kappa shape index (κ1) is 31.7. The van der Waals surface area contributed by atoms with Gasteiger partial charge in [0.15, 0.2) is 0 Å². The maximum atomic E-state index is 14.7. The van der Waals surface area contributed by atoms with Crippen molar-refractivity contribution < 1.29 is 18.8 Å². The standard InChI is InChI=1S/C30H32Cl3FN5O3P/c31-18-1-4-20(5-2-18)39-24(7-8-26(35)40)22(16-25(39)21-6-3-19(32)15-23(21)33)27(41)37-12-9-29(10-13-37,28(36)42)38-14-11-30(34,43)17-38/h1-6,15-16H,7-14,17,43H2,(H2,35,40)(H2,36,42). The molecule has 0 bridgehead atoms. The molecule has 0 aliphatic carbocycles. The van der Waals surface area contributed by atoms with E-state index in [0.717, 1.165) is 0 Å². The Labute approximate surface area is 266 Å². The van der Waals surface area contributed by atoms with Gasteiger partial charge in [-0.2, -0.15) is 0 Å². The SMILES string of the molecule is NC(=O)CCc1c(C(=O)N2CCC(C(N)=O)(N3CCC(F)(P)C3)CC2)cc(-c2ccc(Cl)cc2Cl)n1-c1ccc(Cl)cc1. The number of nitrogens with zero attached hydrogens (tertiary/aromatic N) is 3. The summed E-state index contributed by atoms with van der Waals surface area (Å²) < 4.78 is 16.6. The first-order valence-electron chi connectivity index (χ1n) is 13.9. The van der Waals surface area contributed by atoms with Crippen molar-refractivity contribution in [1.29, 1.82) is 0 Å². The first-order valence-corrected chi connectivity index (χ1v) is 15.6. The van der Waals surface area contributed by atoms with Crippen molar-refractivity contribution in [2.24, 2.45) is 11.5 Å². The van der Waals surface area contributed by atoms with E-state index in [4.69, 9.17) is 46.3 Å². The molecule has 2 aliphatic rings. The number of benzene rings is 2. The van der Waals surface area contributed by atoms with Gasteiger partial charge in [0, 0.05) is 59.6 Å². The summed E-state index contributed by atoms with van der Waals surface area (Å²) in [5, 5.41) is -0.102. The predicted molar refractivity (Wildman–Crippen MR) is 171 cm³/mol. The van der Waals surface area contributed by atoms with Gasteiger partial charge in [-0.3, -0.25) is 19.3 Å². The van der Waals surface area contributed by atoms with Crippen LogP contribution in [0.5, 0.6) is 0 Å². The fourth-order valence-corrected chi connectivity index (χ4v) is 7.12. The van der Waals surface area contributed by atoms with Crippen LogP contribution in [0.25, 0.3) is 16.9 Å². The summed E-state index contributed by atoms with van der Waals surface area (Å²) in [6.07, 6.45) is 1.03. The van der Waals surface area contributed by atoms with E-state index >= 15 is 0 Å². The van der Waals surface area contributed by atoms with Gasteiger partial charge in [0.1, 0.15) is 10.9 Å². The highest BCUT2D eigenvalue weighted by Crippen LogP contribution is 2.41. The van der Waals surface area contributed by atoms with Crippen LogP contribution >= 0.6 is 44.0 Å². The quantitative estimate of drug-likeness (QED) is 0.321. The number of alkyl halides is 1. The minimum Gasteiger partial charge on any atom is -0.370 e. The van der Waals surface area contributed by atoms with Gasteiger partial charge in [0.2, 0.25) is 11.8 Å². The number of piperidine rings is 1. The van der Waals surface area contributed by atoms with Crippen LogP contribution in [0.15, 0.2) is 48.5 Å². The molecule has 2 atom stereocenters. The molecule has 43 heavy (non-hydrogen) atoms. The topological polar surface area (TPSA) is 115 Å². The average Bonchev–Trinajstić information content (AvgIpc) is 3.52. The lowest BCUT2D eigenvalue weighted by molar-refractivity contribution is -0.133. The number of primary amides is 2. The monoisotopic (exact) mass is 665 g/mol.